The number of nitrogens with zero attached hydrogens (tertiary/aromatic N) is 2. The van der Waals surface area contributed by atoms with E-state index < -0.39 is 0 Å². The maximum Gasteiger partial charge on any atom is 0.211 e. The Hall–Kier alpha value is -1.59. The molecule has 0 atom stereocenters. The summed E-state index contributed by atoms with van der Waals surface area (Å²) in [5, 5.41) is 0. The topological polar surface area (TPSA) is 40.6 Å². The minimum absolute atomic E-state index is 0.0882. The highest BCUT2D eigenvalue weighted by molar-refractivity contribution is 7.85. The van der Waals surface area contributed by atoms with Gasteiger partial charge in [-0.3, -0.25) is 9.59 Å². The Labute approximate surface area is 123 Å². The van der Waals surface area contributed by atoms with Crippen LogP contribution in [0.4, 0.5) is 0 Å². The van der Waals surface area contributed by atoms with Crippen LogP contribution in [0.25, 0.3) is 0 Å². The van der Waals surface area contributed by atoms with E-state index in [0.717, 1.165) is 26.2 Å². The standard InChI is InChI=1S/C15H16N2O2S/c1-16-6-8-17(9-7-16)12-13(18)10-4-2-3-5-11(10)14(19)15(12)20/h2-5,20H,6-9H2,1H3. The van der Waals surface area contributed by atoms with Gasteiger partial charge in [-0.15, -0.1) is 12.6 Å². The maximum absolute atomic E-state index is 12.6. The number of fused-ring (bicyclic) bond motifs is 1. The zero-order valence-electron chi connectivity index (χ0n) is 11.3. The average Bonchev–Trinajstić information content (AvgIpc) is 2.47. The van der Waals surface area contributed by atoms with E-state index in [4.69, 9.17) is 0 Å². The molecule has 0 N–H and O–H groups in total. The van der Waals surface area contributed by atoms with Gasteiger partial charge in [0.1, 0.15) is 5.70 Å². The summed E-state index contributed by atoms with van der Waals surface area (Å²) in [7, 11) is 2.05. The molecule has 4 nitrogen and oxygen atoms in total. The Morgan fingerprint density at radius 1 is 0.950 bits per heavy atom. The number of hydrogen-bond acceptors (Lipinski definition) is 5. The van der Waals surface area contributed by atoms with Crippen molar-refractivity contribution in [1.82, 2.24) is 9.80 Å². The van der Waals surface area contributed by atoms with E-state index in [1.54, 1.807) is 24.3 Å². The van der Waals surface area contributed by atoms with Crippen molar-refractivity contribution in [2.24, 2.45) is 0 Å². The van der Waals surface area contributed by atoms with Crippen LogP contribution in [-0.4, -0.2) is 54.6 Å². The van der Waals surface area contributed by atoms with Gasteiger partial charge in [-0.25, -0.2) is 0 Å². The second kappa shape index (κ2) is 5.07. The van der Waals surface area contributed by atoms with Crippen molar-refractivity contribution in [2.45, 2.75) is 0 Å². The van der Waals surface area contributed by atoms with Gasteiger partial charge in [0.25, 0.3) is 0 Å². The number of piperazine rings is 1. The monoisotopic (exact) mass is 288 g/mol. The Bertz CT molecular complexity index is 616. The lowest BCUT2D eigenvalue weighted by Crippen LogP contribution is -2.46. The van der Waals surface area contributed by atoms with Crippen LogP contribution in [0.2, 0.25) is 0 Å². The van der Waals surface area contributed by atoms with Crippen LogP contribution >= 0.6 is 12.6 Å². The highest BCUT2D eigenvalue weighted by atomic mass is 32.1. The fourth-order valence-corrected chi connectivity index (χ4v) is 3.04. The molecule has 0 saturated carbocycles. The van der Waals surface area contributed by atoms with Crippen molar-refractivity contribution in [3.05, 3.63) is 46.0 Å². The van der Waals surface area contributed by atoms with Gasteiger partial charge in [0.2, 0.25) is 11.6 Å². The summed E-state index contributed by atoms with van der Waals surface area (Å²) >= 11 is 4.32. The van der Waals surface area contributed by atoms with Crippen molar-refractivity contribution in [2.75, 3.05) is 33.2 Å². The number of hydrogen-bond donors (Lipinski definition) is 1. The quantitative estimate of drug-likeness (QED) is 0.794. The summed E-state index contributed by atoms with van der Waals surface area (Å²) in [4.78, 5) is 29.5. The fraction of sp³-hybridized carbons (Fsp3) is 0.333. The van der Waals surface area contributed by atoms with Gasteiger partial charge in [-0.2, -0.15) is 0 Å². The van der Waals surface area contributed by atoms with Crippen molar-refractivity contribution in [3.8, 4) is 0 Å². The molecule has 1 heterocycles. The number of carbonyl (C=O) groups is 2. The van der Waals surface area contributed by atoms with E-state index in [1.165, 1.54) is 0 Å². The first kappa shape index (κ1) is 13.4. The van der Waals surface area contributed by atoms with Crippen LogP contribution in [0.3, 0.4) is 0 Å². The molecule has 1 aromatic carbocycles. The molecule has 3 rings (SSSR count). The first-order valence-electron chi connectivity index (χ1n) is 6.64. The Morgan fingerprint density at radius 3 is 2.10 bits per heavy atom. The van der Waals surface area contributed by atoms with Gasteiger partial charge in [0.15, 0.2) is 0 Å². The van der Waals surface area contributed by atoms with E-state index in [0.29, 0.717) is 16.8 Å². The molecule has 2 aliphatic rings. The molecule has 0 unspecified atom stereocenters. The van der Waals surface area contributed by atoms with E-state index in [9.17, 15) is 9.59 Å². The third-order valence-corrected chi connectivity index (χ3v) is 4.31. The number of thiol groups is 1. The normalized spacial score (nSPS) is 20.4. The number of rotatable bonds is 1. The van der Waals surface area contributed by atoms with Crippen LogP contribution in [0.5, 0.6) is 0 Å². The molecule has 5 heteroatoms. The molecular weight excluding hydrogens is 272 g/mol. The van der Waals surface area contributed by atoms with Gasteiger partial charge in [0, 0.05) is 37.3 Å². The van der Waals surface area contributed by atoms with E-state index in [2.05, 4.69) is 24.6 Å². The zero-order valence-corrected chi connectivity index (χ0v) is 12.2. The van der Waals surface area contributed by atoms with Gasteiger partial charge in [-0.1, -0.05) is 24.3 Å². The lowest BCUT2D eigenvalue weighted by molar-refractivity contribution is 0.0923. The van der Waals surface area contributed by atoms with E-state index in [-0.39, 0.29) is 16.5 Å². The molecule has 0 spiro atoms. The Morgan fingerprint density at radius 2 is 1.50 bits per heavy atom. The number of ketones is 2. The lowest BCUT2D eigenvalue weighted by atomic mass is 9.91. The van der Waals surface area contributed by atoms with Gasteiger partial charge in [0.05, 0.1) is 4.91 Å². The predicted octanol–water partition coefficient (Wildman–Crippen LogP) is 1.45. The highest BCUT2D eigenvalue weighted by Crippen LogP contribution is 2.30. The summed E-state index contributed by atoms with van der Waals surface area (Å²) in [5.74, 6) is -0.243. The molecule has 1 saturated heterocycles. The number of carbonyl (C=O) groups excluding carboxylic acids is 2. The van der Waals surface area contributed by atoms with Crippen LogP contribution in [0.15, 0.2) is 34.9 Å². The minimum atomic E-state index is -0.155. The molecule has 20 heavy (non-hydrogen) atoms. The fourth-order valence-electron chi connectivity index (χ4n) is 2.67. The summed E-state index contributed by atoms with van der Waals surface area (Å²) < 4.78 is 0. The number of likely N-dealkylation sites (N-methyl/N-ethyl adjacent to an activating group) is 1. The molecule has 1 aromatic rings. The summed E-state index contributed by atoms with van der Waals surface area (Å²) in [5.41, 5.74) is 1.41. The minimum Gasteiger partial charge on any atom is -0.365 e. The molecule has 0 aromatic heterocycles. The van der Waals surface area contributed by atoms with Crippen molar-refractivity contribution in [3.63, 3.8) is 0 Å². The highest BCUT2D eigenvalue weighted by Gasteiger charge is 2.34. The number of benzene rings is 1. The molecule has 0 bridgehead atoms. The van der Waals surface area contributed by atoms with Gasteiger partial charge < -0.3 is 9.80 Å². The SMILES string of the molecule is CN1CCN(C2=C(S)C(=O)c3ccccc3C2=O)CC1. The first-order chi connectivity index (χ1) is 9.59. The van der Waals surface area contributed by atoms with Gasteiger partial charge >= 0.3 is 0 Å². The lowest BCUT2D eigenvalue weighted by Gasteiger charge is -2.36. The number of Topliss-reactive ketones (excluding diaryl/α,β-unsaturated/α-hetero) is 2. The van der Waals surface area contributed by atoms with Crippen LogP contribution < -0.4 is 0 Å². The zero-order chi connectivity index (χ0) is 14.3. The summed E-state index contributed by atoms with van der Waals surface area (Å²) in [6, 6.07) is 6.96. The van der Waals surface area contributed by atoms with Crippen molar-refractivity contribution >= 4 is 24.2 Å². The molecule has 1 aliphatic carbocycles. The molecular formula is C15H16N2O2S. The van der Waals surface area contributed by atoms with Crippen LogP contribution in [0, 0.1) is 0 Å². The maximum atomic E-state index is 12.6. The van der Waals surface area contributed by atoms with Crippen LogP contribution in [-0.2, 0) is 0 Å². The second-order valence-corrected chi connectivity index (χ2v) is 5.64. The van der Waals surface area contributed by atoms with E-state index in [1.807, 2.05) is 4.90 Å². The smallest absolute Gasteiger partial charge is 0.211 e. The summed E-state index contributed by atoms with van der Waals surface area (Å²) in [6.07, 6.45) is 0. The largest absolute Gasteiger partial charge is 0.365 e. The van der Waals surface area contributed by atoms with E-state index >= 15 is 0 Å². The van der Waals surface area contributed by atoms with Crippen molar-refractivity contribution in [1.29, 1.82) is 0 Å². The molecule has 1 aliphatic heterocycles. The Kier molecular flexibility index (Phi) is 3.40. The molecule has 0 radical (unpaired) electrons. The second-order valence-electron chi connectivity index (χ2n) is 5.19. The Balaban J connectivity index is 2.01. The molecule has 0 amide bonds. The first-order valence-corrected chi connectivity index (χ1v) is 7.09. The summed E-state index contributed by atoms with van der Waals surface area (Å²) in [6.45, 7) is 3.26. The molecule has 104 valence electrons. The average molecular weight is 288 g/mol. The van der Waals surface area contributed by atoms with Gasteiger partial charge in [-0.05, 0) is 7.05 Å². The van der Waals surface area contributed by atoms with Crippen molar-refractivity contribution < 1.29 is 9.59 Å². The molecule has 1 fully saturated rings. The predicted molar refractivity (Wildman–Crippen MR) is 80.2 cm³/mol. The van der Waals surface area contributed by atoms with Crippen LogP contribution in [0.1, 0.15) is 20.7 Å². The third kappa shape index (κ3) is 2.07. The third-order valence-electron chi connectivity index (χ3n) is 3.89. The number of allylic oxidation sites excluding steroid dienone is 2.